The van der Waals surface area contributed by atoms with Crippen LogP contribution >= 0.6 is 11.6 Å². The summed E-state index contributed by atoms with van der Waals surface area (Å²) >= 11 is 6.20. The molecule has 33 heavy (non-hydrogen) atoms. The van der Waals surface area contributed by atoms with Gasteiger partial charge in [0.05, 0.1) is 22.0 Å². The fourth-order valence-corrected chi connectivity index (χ4v) is 6.09. The minimum Gasteiger partial charge on any atom is -0.352 e. The van der Waals surface area contributed by atoms with Gasteiger partial charge in [-0.2, -0.15) is 4.31 Å². The highest BCUT2D eigenvalue weighted by Gasteiger charge is 2.29. The van der Waals surface area contributed by atoms with Crippen LogP contribution in [-0.2, 0) is 27.8 Å². The molecule has 1 aliphatic heterocycles. The number of hydrogen-bond acceptors (Lipinski definition) is 4. The van der Waals surface area contributed by atoms with Gasteiger partial charge in [-0.1, -0.05) is 55.1 Å². The van der Waals surface area contributed by atoms with Crippen molar-refractivity contribution in [1.82, 2.24) is 14.9 Å². The lowest BCUT2D eigenvalue weighted by molar-refractivity contribution is -0.121. The summed E-state index contributed by atoms with van der Waals surface area (Å²) in [5, 5.41) is 5.62. The van der Waals surface area contributed by atoms with Crippen LogP contribution in [0.1, 0.15) is 53.6 Å². The van der Waals surface area contributed by atoms with Gasteiger partial charge in [0.25, 0.3) is 5.91 Å². The van der Waals surface area contributed by atoms with E-state index in [2.05, 4.69) is 10.6 Å². The topological polar surface area (TPSA) is 95.6 Å². The molecule has 0 radical (unpaired) electrons. The Balaban J connectivity index is 1.43. The molecule has 0 aromatic heterocycles. The monoisotopic (exact) mass is 489 g/mol. The first-order chi connectivity index (χ1) is 15.8. The zero-order chi connectivity index (χ0) is 23.4. The van der Waals surface area contributed by atoms with Gasteiger partial charge in [0.15, 0.2) is 0 Å². The van der Waals surface area contributed by atoms with Gasteiger partial charge in [0.1, 0.15) is 0 Å². The second-order valence-electron chi connectivity index (χ2n) is 8.58. The lowest BCUT2D eigenvalue weighted by atomic mass is 9.95. The third-order valence-corrected chi connectivity index (χ3v) is 8.47. The van der Waals surface area contributed by atoms with Gasteiger partial charge in [0.2, 0.25) is 15.9 Å². The third kappa shape index (κ3) is 5.57. The molecule has 0 unspecified atom stereocenters. The zero-order valence-electron chi connectivity index (χ0n) is 18.3. The summed E-state index contributed by atoms with van der Waals surface area (Å²) in [5.74, 6) is -0.845. The highest BCUT2D eigenvalue weighted by atomic mass is 35.5. The van der Waals surface area contributed by atoms with Crippen LogP contribution in [0.4, 0.5) is 0 Å². The Labute approximate surface area is 199 Å². The largest absolute Gasteiger partial charge is 0.352 e. The predicted octanol–water partition coefficient (Wildman–Crippen LogP) is 3.27. The van der Waals surface area contributed by atoms with Crippen LogP contribution in [0.5, 0.6) is 0 Å². The van der Waals surface area contributed by atoms with Crippen LogP contribution in [0.3, 0.4) is 0 Å². The summed E-state index contributed by atoms with van der Waals surface area (Å²) in [7, 11) is -3.81. The summed E-state index contributed by atoms with van der Waals surface area (Å²) in [4.78, 5) is 24.9. The average molecular weight is 490 g/mol. The van der Waals surface area contributed by atoms with Crippen LogP contribution in [0, 0.1) is 0 Å². The molecule has 1 aliphatic carbocycles. The number of sulfonamides is 1. The van der Waals surface area contributed by atoms with Crippen LogP contribution in [0.15, 0.2) is 47.4 Å². The van der Waals surface area contributed by atoms with Gasteiger partial charge in [0, 0.05) is 19.1 Å². The second kappa shape index (κ2) is 10.2. The normalized spacial score (nSPS) is 17.2. The van der Waals surface area contributed by atoms with E-state index >= 15 is 0 Å². The van der Waals surface area contributed by atoms with E-state index in [0.717, 1.165) is 36.8 Å². The van der Waals surface area contributed by atoms with Crippen molar-refractivity contribution in [3.8, 4) is 0 Å². The van der Waals surface area contributed by atoms with Gasteiger partial charge in [-0.3, -0.25) is 9.59 Å². The SMILES string of the molecule is O=C(CNC(=O)c1cc(S(=O)(=O)N2CCc3ccccc3C2)ccc1Cl)NC1CCCCC1. The lowest BCUT2D eigenvalue weighted by Crippen LogP contribution is -2.42. The van der Waals surface area contributed by atoms with E-state index in [9.17, 15) is 18.0 Å². The number of carbonyl (C=O) groups excluding carboxylic acids is 2. The van der Waals surface area contributed by atoms with Crippen molar-refractivity contribution in [1.29, 1.82) is 0 Å². The predicted molar refractivity (Wildman–Crippen MR) is 127 cm³/mol. The van der Waals surface area contributed by atoms with Crippen LogP contribution in [0.2, 0.25) is 5.02 Å². The molecule has 176 valence electrons. The highest BCUT2D eigenvalue weighted by molar-refractivity contribution is 7.89. The van der Waals surface area contributed by atoms with Gasteiger partial charge >= 0.3 is 0 Å². The van der Waals surface area contributed by atoms with E-state index in [0.29, 0.717) is 13.0 Å². The molecule has 9 heteroatoms. The maximum atomic E-state index is 13.3. The van der Waals surface area contributed by atoms with E-state index in [1.807, 2.05) is 24.3 Å². The number of benzene rings is 2. The fourth-order valence-electron chi connectivity index (χ4n) is 4.44. The molecule has 1 heterocycles. The van der Waals surface area contributed by atoms with Crippen molar-refractivity contribution in [3.63, 3.8) is 0 Å². The Morgan fingerprint density at radius 2 is 1.76 bits per heavy atom. The van der Waals surface area contributed by atoms with Crippen LogP contribution in [-0.4, -0.2) is 43.7 Å². The summed E-state index contributed by atoms with van der Waals surface area (Å²) in [6.45, 7) is 0.459. The first-order valence-corrected chi connectivity index (χ1v) is 13.1. The van der Waals surface area contributed by atoms with E-state index < -0.39 is 15.9 Å². The molecule has 0 bridgehead atoms. The van der Waals surface area contributed by atoms with Gasteiger partial charge < -0.3 is 10.6 Å². The standard InChI is InChI=1S/C24H28ClN3O4S/c25-22-11-10-20(33(31,32)28-13-12-17-6-4-5-7-18(17)16-28)14-21(22)24(30)26-15-23(29)27-19-8-2-1-3-9-19/h4-7,10-11,14,19H,1-3,8-9,12-13,15-16H2,(H,26,30)(H,27,29). The molecule has 2 aromatic carbocycles. The van der Waals surface area contributed by atoms with Crippen LogP contribution < -0.4 is 10.6 Å². The molecule has 1 saturated carbocycles. The minimum absolute atomic E-state index is 0.00286. The summed E-state index contributed by atoms with van der Waals surface area (Å²) in [6, 6.07) is 12.0. The summed E-state index contributed by atoms with van der Waals surface area (Å²) in [5.41, 5.74) is 2.15. The van der Waals surface area contributed by atoms with E-state index in [1.165, 1.54) is 28.9 Å². The first kappa shape index (κ1) is 23.7. The average Bonchev–Trinajstić information content (AvgIpc) is 2.83. The molecule has 4 rings (SSSR count). The first-order valence-electron chi connectivity index (χ1n) is 11.3. The number of nitrogens with one attached hydrogen (secondary N) is 2. The Hall–Kier alpha value is -2.42. The van der Waals surface area contributed by atoms with E-state index in [4.69, 9.17) is 11.6 Å². The molecular formula is C24H28ClN3O4S. The molecule has 0 saturated heterocycles. The number of carbonyl (C=O) groups is 2. The van der Waals surface area contributed by atoms with Crippen molar-refractivity contribution < 1.29 is 18.0 Å². The maximum Gasteiger partial charge on any atom is 0.253 e. The van der Waals surface area contributed by atoms with Crippen molar-refractivity contribution in [3.05, 3.63) is 64.2 Å². The minimum atomic E-state index is -3.81. The van der Waals surface area contributed by atoms with Crippen LogP contribution in [0.25, 0.3) is 0 Å². The van der Waals surface area contributed by atoms with Gasteiger partial charge in [-0.15, -0.1) is 0 Å². The third-order valence-electron chi connectivity index (χ3n) is 6.30. The summed E-state index contributed by atoms with van der Waals surface area (Å²) < 4.78 is 27.9. The van der Waals surface area contributed by atoms with Crippen molar-refractivity contribution in [2.24, 2.45) is 0 Å². The molecular weight excluding hydrogens is 462 g/mol. The molecule has 7 nitrogen and oxygen atoms in total. The number of rotatable bonds is 6. The van der Waals surface area contributed by atoms with Gasteiger partial charge in [-0.05, 0) is 48.6 Å². The molecule has 2 amide bonds. The quantitative estimate of drug-likeness (QED) is 0.651. The number of halogens is 1. The lowest BCUT2D eigenvalue weighted by Gasteiger charge is -2.28. The number of amides is 2. The molecule has 0 spiro atoms. The van der Waals surface area contributed by atoms with Crippen molar-refractivity contribution >= 4 is 33.4 Å². The summed E-state index contributed by atoms with van der Waals surface area (Å²) in [6.07, 6.45) is 5.91. The Morgan fingerprint density at radius 1 is 1.03 bits per heavy atom. The second-order valence-corrected chi connectivity index (χ2v) is 10.9. The molecule has 1 fully saturated rings. The molecule has 2 aromatic rings. The molecule has 2 N–H and O–H groups in total. The highest BCUT2D eigenvalue weighted by Crippen LogP contribution is 2.27. The number of nitrogens with zero attached hydrogens (tertiary/aromatic N) is 1. The molecule has 2 aliphatic rings. The number of hydrogen-bond donors (Lipinski definition) is 2. The van der Waals surface area contributed by atoms with Gasteiger partial charge in [-0.25, -0.2) is 8.42 Å². The van der Waals surface area contributed by atoms with E-state index in [-0.39, 0.29) is 40.5 Å². The Kier molecular flexibility index (Phi) is 7.36. The maximum absolute atomic E-state index is 13.3. The molecule has 0 atom stereocenters. The smallest absolute Gasteiger partial charge is 0.253 e. The van der Waals surface area contributed by atoms with Crippen molar-refractivity contribution in [2.45, 2.75) is 56.0 Å². The zero-order valence-corrected chi connectivity index (χ0v) is 19.9. The van der Waals surface area contributed by atoms with Crippen molar-refractivity contribution in [2.75, 3.05) is 13.1 Å². The fraction of sp³-hybridized carbons (Fsp3) is 0.417. The Bertz CT molecular complexity index is 1150. The Morgan fingerprint density at radius 3 is 2.52 bits per heavy atom. The van der Waals surface area contributed by atoms with E-state index in [1.54, 1.807) is 0 Å². The number of fused-ring (bicyclic) bond motifs is 1.